The van der Waals surface area contributed by atoms with Gasteiger partial charge >= 0.3 is 0 Å². The van der Waals surface area contributed by atoms with Crippen LogP contribution in [0.15, 0.2) is 66.7 Å². The summed E-state index contributed by atoms with van der Waals surface area (Å²) in [5.41, 5.74) is 1.31. The molecule has 6 heteroatoms. The number of benzene rings is 2. The molecule has 5 atom stereocenters. The van der Waals surface area contributed by atoms with Gasteiger partial charge in [-0.25, -0.2) is 0 Å². The molecule has 5 rings (SSSR count). The molecule has 0 aromatic heterocycles. The van der Waals surface area contributed by atoms with Crippen LogP contribution in [0.5, 0.6) is 5.75 Å². The van der Waals surface area contributed by atoms with E-state index in [1.54, 1.807) is 12.1 Å². The number of nitrogens with one attached hydrogen (secondary N) is 1. The third-order valence-electron chi connectivity index (χ3n) is 6.53. The number of nitrogens with zero attached hydrogens (tertiary/aromatic N) is 1. The molecule has 0 spiro atoms. The summed E-state index contributed by atoms with van der Waals surface area (Å²) in [6, 6.07) is 14.8. The molecule has 1 aliphatic heterocycles. The zero-order chi connectivity index (χ0) is 20.8. The molecule has 5 unspecified atom stereocenters. The van der Waals surface area contributed by atoms with Crippen molar-refractivity contribution < 1.29 is 19.5 Å². The predicted molar refractivity (Wildman–Crippen MR) is 110 cm³/mol. The number of aromatic hydroxyl groups is 1. The first-order valence-corrected chi connectivity index (χ1v) is 10.2. The predicted octanol–water partition coefficient (Wildman–Crippen LogP) is 3.27. The second-order valence-corrected chi connectivity index (χ2v) is 8.27. The summed E-state index contributed by atoms with van der Waals surface area (Å²) in [7, 11) is 0. The molecule has 6 nitrogen and oxygen atoms in total. The summed E-state index contributed by atoms with van der Waals surface area (Å²) in [5, 5.41) is 12.2. The highest BCUT2D eigenvalue weighted by Gasteiger charge is 2.60. The fourth-order valence-corrected chi connectivity index (χ4v) is 5.20. The van der Waals surface area contributed by atoms with Gasteiger partial charge in [-0.15, -0.1) is 0 Å². The first-order chi connectivity index (χ1) is 14.5. The van der Waals surface area contributed by atoms with Gasteiger partial charge in [-0.2, -0.15) is 0 Å². The summed E-state index contributed by atoms with van der Waals surface area (Å²) in [5.74, 6) is -0.835. The molecule has 1 saturated carbocycles. The van der Waals surface area contributed by atoms with Crippen LogP contribution in [0.1, 0.15) is 24.4 Å². The number of hydrogen-bond donors (Lipinski definition) is 2. The summed E-state index contributed by atoms with van der Waals surface area (Å²) >= 11 is 0. The van der Waals surface area contributed by atoms with Crippen molar-refractivity contribution in [3.05, 3.63) is 72.3 Å². The Hall–Kier alpha value is -3.41. The smallest absolute Gasteiger partial charge is 0.234 e. The first kappa shape index (κ1) is 18.6. The van der Waals surface area contributed by atoms with Gasteiger partial charge in [0.05, 0.1) is 24.3 Å². The minimum atomic E-state index is -0.645. The Balaban J connectivity index is 1.42. The van der Waals surface area contributed by atoms with Crippen LogP contribution in [0.25, 0.3) is 0 Å². The zero-order valence-electron chi connectivity index (χ0n) is 16.3. The normalized spacial score (nSPS) is 27.4. The third-order valence-corrected chi connectivity index (χ3v) is 6.53. The molecule has 1 saturated heterocycles. The summed E-state index contributed by atoms with van der Waals surface area (Å²) in [4.78, 5) is 40.7. The van der Waals surface area contributed by atoms with E-state index in [1.165, 1.54) is 17.0 Å². The Labute approximate surface area is 174 Å². The van der Waals surface area contributed by atoms with Gasteiger partial charge in [-0.1, -0.05) is 42.5 Å². The lowest BCUT2D eigenvalue weighted by Crippen LogP contribution is -2.38. The summed E-state index contributed by atoms with van der Waals surface area (Å²) in [6.45, 7) is 0. The van der Waals surface area contributed by atoms with Crippen LogP contribution in [-0.2, 0) is 14.4 Å². The van der Waals surface area contributed by atoms with Gasteiger partial charge < -0.3 is 10.4 Å². The van der Waals surface area contributed by atoms with Crippen LogP contribution in [0.3, 0.4) is 0 Å². The van der Waals surface area contributed by atoms with Crippen molar-refractivity contribution in [3.63, 3.8) is 0 Å². The molecule has 2 bridgehead atoms. The average Bonchev–Trinajstić information content (AvgIpc) is 3.43. The Morgan fingerprint density at radius 1 is 0.967 bits per heavy atom. The lowest BCUT2D eigenvalue weighted by molar-refractivity contribution is -0.144. The maximum absolute atomic E-state index is 13.3. The lowest BCUT2D eigenvalue weighted by Gasteiger charge is -2.28. The molecule has 2 aliphatic carbocycles. The van der Waals surface area contributed by atoms with E-state index in [-0.39, 0.29) is 53.6 Å². The number of phenols is 1. The highest BCUT2D eigenvalue weighted by molar-refractivity contribution is 6.07. The minimum absolute atomic E-state index is 0.0232. The minimum Gasteiger partial charge on any atom is -0.508 e. The summed E-state index contributed by atoms with van der Waals surface area (Å²) < 4.78 is 0. The van der Waals surface area contributed by atoms with Crippen LogP contribution in [0, 0.1) is 23.7 Å². The molecule has 1 heterocycles. The molecule has 0 radical (unpaired) electrons. The van der Waals surface area contributed by atoms with Crippen LogP contribution < -0.4 is 5.32 Å². The molecular formula is C24H22N2O4. The van der Waals surface area contributed by atoms with Crippen molar-refractivity contribution in [2.45, 2.75) is 18.9 Å². The number of carbonyl (C=O) groups excluding carboxylic acids is 3. The molecule has 30 heavy (non-hydrogen) atoms. The van der Waals surface area contributed by atoms with Crippen LogP contribution >= 0.6 is 0 Å². The van der Waals surface area contributed by atoms with E-state index < -0.39 is 6.04 Å². The number of phenolic OH excluding ortho intramolecular Hbond substituents is 1. The number of likely N-dealkylation sites (tertiary alicyclic amines) is 1. The van der Waals surface area contributed by atoms with E-state index in [0.29, 0.717) is 5.69 Å². The van der Waals surface area contributed by atoms with Gasteiger partial charge in [0.25, 0.3) is 0 Å². The number of amides is 3. The molecule has 3 aliphatic rings. The van der Waals surface area contributed by atoms with E-state index in [0.717, 1.165) is 12.0 Å². The van der Waals surface area contributed by atoms with Gasteiger partial charge in [-0.3, -0.25) is 19.3 Å². The first-order valence-electron chi connectivity index (χ1n) is 10.2. The number of imide groups is 1. The van der Waals surface area contributed by atoms with Crippen molar-refractivity contribution >= 4 is 23.4 Å². The second-order valence-electron chi connectivity index (χ2n) is 8.27. The van der Waals surface area contributed by atoms with E-state index in [2.05, 4.69) is 17.5 Å². The number of rotatable bonds is 5. The number of anilines is 1. The van der Waals surface area contributed by atoms with E-state index in [1.807, 2.05) is 30.3 Å². The molecular weight excluding hydrogens is 380 g/mol. The molecule has 152 valence electrons. The highest BCUT2D eigenvalue weighted by Crippen LogP contribution is 2.54. The van der Waals surface area contributed by atoms with Crippen LogP contribution in [-0.4, -0.2) is 27.7 Å². The fraction of sp³-hybridized carbons (Fsp3) is 0.292. The standard InChI is InChI=1S/C24H22N2O4/c27-18-10-8-17(9-11-18)25-20(28)13-19(14-4-2-1-3-5-14)26-23(29)21-15-6-7-16(12-15)22(21)24(26)30/h1-11,15-16,19,21-22,27H,12-13H2,(H,25,28). The average molecular weight is 402 g/mol. The van der Waals surface area contributed by atoms with Crippen molar-refractivity contribution in [1.29, 1.82) is 0 Å². The third kappa shape index (κ3) is 3.00. The topological polar surface area (TPSA) is 86.7 Å². The van der Waals surface area contributed by atoms with Crippen molar-refractivity contribution in [2.75, 3.05) is 5.32 Å². The quantitative estimate of drug-likeness (QED) is 0.457. The van der Waals surface area contributed by atoms with Gasteiger partial charge in [0.15, 0.2) is 0 Å². The Bertz CT molecular complexity index is 1000. The van der Waals surface area contributed by atoms with E-state index >= 15 is 0 Å². The van der Waals surface area contributed by atoms with Crippen LogP contribution in [0.4, 0.5) is 5.69 Å². The Kier molecular flexibility index (Phi) is 4.42. The Morgan fingerprint density at radius 2 is 1.57 bits per heavy atom. The van der Waals surface area contributed by atoms with Crippen LogP contribution in [0.2, 0.25) is 0 Å². The van der Waals surface area contributed by atoms with Crippen molar-refractivity contribution in [3.8, 4) is 5.75 Å². The maximum Gasteiger partial charge on any atom is 0.234 e. The monoisotopic (exact) mass is 402 g/mol. The molecule has 2 N–H and O–H groups in total. The molecule has 2 aromatic carbocycles. The maximum atomic E-state index is 13.3. The van der Waals surface area contributed by atoms with E-state index in [4.69, 9.17) is 0 Å². The van der Waals surface area contributed by atoms with Gasteiger partial charge in [0, 0.05) is 5.69 Å². The molecule has 3 amide bonds. The second kappa shape index (κ2) is 7.13. The summed E-state index contributed by atoms with van der Waals surface area (Å²) in [6.07, 6.45) is 4.98. The number of allylic oxidation sites excluding steroid dienone is 2. The van der Waals surface area contributed by atoms with Crippen molar-refractivity contribution in [2.24, 2.45) is 23.7 Å². The SMILES string of the molecule is O=C(CC(c1ccccc1)N1C(=O)C2C3C=CC(C3)C2C1=O)Nc1ccc(O)cc1. The van der Waals surface area contributed by atoms with Gasteiger partial charge in [-0.05, 0) is 48.1 Å². The number of hydrogen-bond acceptors (Lipinski definition) is 4. The molecule has 2 fully saturated rings. The van der Waals surface area contributed by atoms with Gasteiger partial charge in [0.2, 0.25) is 17.7 Å². The largest absolute Gasteiger partial charge is 0.508 e. The lowest BCUT2D eigenvalue weighted by atomic mass is 9.85. The molecule has 2 aromatic rings. The van der Waals surface area contributed by atoms with E-state index in [9.17, 15) is 19.5 Å². The zero-order valence-corrected chi connectivity index (χ0v) is 16.3. The Morgan fingerprint density at radius 3 is 2.17 bits per heavy atom. The number of fused-ring (bicyclic) bond motifs is 5. The fourth-order valence-electron chi connectivity index (χ4n) is 5.20. The highest BCUT2D eigenvalue weighted by atomic mass is 16.3. The number of carbonyl (C=O) groups is 3. The van der Waals surface area contributed by atoms with Crippen molar-refractivity contribution in [1.82, 2.24) is 4.90 Å². The van der Waals surface area contributed by atoms with Gasteiger partial charge in [0.1, 0.15) is 5.75 Å².